The van der Waals surface area contributed by atoms with Gasteiger partial charge >= 0.3 is 5.97 Å². The number of rotatable bonds is 7. The van der Waals surface area contributed by atoms with Crippen molar-refractivity contribution in [1.82, 2.24) is 10.2 Å². The molecule has 3 N–H and O–H groups in total. The lowest BCUT2D eigenvalue weighted by atomic mass is 9.54. The highest BCUT2D eigenvalue weighted by Crippen LogP contribution is 2.62. The minimum atomic E-state index is -0.997. The maximum absolute atomic E-state index is 13.6. The number of nitrogens with zero attached hydrogens (tertiary/aromatic N) is 1. The van der Waals surface area contributed by atoms with Gasteiger partial charge < -0.3 is 29.9 Å². The highest BCUT2D eigenvalue weighted by atomic mass is 16.6. The largest absolute Gasteiger partial charge is 0.504 e. The molecule has 8 nitrogen and oxygen atoms in total. The Labute approximate surface area is 201 Å². The van der Waals surface area contributed by atoms with Crippen molar-refractivity contribution in [3.05, 3.63) is 40.7 Å². The van der Waals surface area contributed by atoms with Crippen molar-refractivity contribution in [3.8, 4) is 0 Å². The van der Waals surface area contributed by atoms with E-state index in [-0.39, 0.29) is 23.7 Å². The first kappa shape index (κ1) is 24.9. The Morgan fingerprint density at radius 3 is 2.71 bits per heavy atom. The van der Waals surface area contributed by atoms with E-state index >= 15 is 0 Å². The first-order valence-corrected chi connectivity index (χ1v) is 12.0. The number of nitrogens with one attached hydrogen (secondary N) is 1. The van der Waals surface area contributed by atoms with Crippen LogP contribution in [0.4, 0.5) is 0 Å². The number of hydrogen-bond donors (Lipinski definition) is 3. The Morgan fingerprint density at radius 1 is 1.29 bits per heavy atom. The van der Waals surface area contributed by atoms with Gasteiger partial charge in [0, 0.05) is 42.8 Å². The number of fused-ring (bicyclic) bond motifs is 4. The predicted molar refractivity (Wildman–Crippen MR) is 126 cm³/mol. The Morgan fingerprint density at radius 2 is 2.03 bits per heavy atom. The van der Waals surface area contributed by atoms with E-state index in [1.165, 1.54) is 7.11 Å². The number of carbonyl (C=O) groups excluding carboxylic acids is 2. The molecule has 2 fully saturated rings. The zero-order valence-corrected chi connectivity index (χ0v) is 20.7. The number of ether oxygens (including phenoxy) is 2. The fourth-order valence-corrected chi connectivity index (χ4v) is 6.12. The number of ketones is 1. The van der Waals surface area contributed by atoms with E-state index in [2.05, 4.69) is 16.6 Å². The summed E-state index contributed by atoms with van der Waals surface area (Å²) in [5.41, 5.74) is 0.0741. The highest BCUT2D eigenvalue weighted by Gasteiger charge is 2.61. The van der Waals surface area contributed by atoms with Crippen molar-refractivity contribution < 1.29 is 29.3 Å². The monoisotopic (exact) mass is 472 g/mol. The van der Waals surface area contributed by atoms with E-state index in [0.29, 0.717) is 37.0 Å². The Hall–Kier alpha value is -2.16. The molecular formula is C26H36N2O6. The molecule has 1 heterocycles. The average molecular weight is 473 g/mol. The zero-order chi connectivity index (χ0) is 24.8. The number of allylic oxidation sites excluding steroid dienone is 1. The van der Waals surface area contributed by atoms with Crippen LogP contribution in [0.3, 0.4) is 0 Å². The van der Waals surface area contributed by atoms with Gasteiger partial charge in [0.2, 0.25) is 5.78 Å². The van der Waals surface area contributed by atoms with Gasteiger partial charge in [0.1, 0.15) is 6.10 Å². The molecule has 0 spiro atoms. The second-order valence-electron chi connectivity index (χ2n) is 10.6. The van der Waals surface area contributed by atoms with Crippen molar-refractivity contribution in [2.45, 2.75) is 51.7 Å². The Bertz CT molecular complexity index is 966. The summed E-state index contributed by atoms with van der Waals surface area (Å²) in [5, 5.41) is 25.1. The van der Waals surface area contributed by atoms with Gasteiger partial charge in [0.05, 0.1) is 23.7 Å². The van der Waals surface area contributed by atoms with E-state index < -0.39 is 40.5 Å². The highest BCUT2D eigenvalue weighted by molar-refractivity contribution is 6.13. The fourth-order valence-electron chi connectivity index (χ4n) is 6.12. The fraction of sp³-hybridized carbons (Fsp3) is 0.654. The molecule has 4 rings (SSSR count). The number of methoxy groups -OCH3 is 1. The van der Waals surface area contributed by atoms with Crippen LogP contribution in [0.1, 0.15) is 39.5 Å². The number of cyclic esters (lactones) is 1. The molecule has 0 aromatic rings. The Balaban J connectivity index is 1.78. The number of hydrogen-bond acceptors (Lipinski definition) is 8. The van der Waals surface area contributed by atoms with Crippen molar-refractivity contribution in [2.75, 3.05) is 40.9 Å². The molecule has 2 radical (unpaired) electrons. The molecule has 0 aromatic heterocycles. The molecule has 0 amide bonds. The Kier molecular flexibility index (Phi) is 6.70. The summed E-state index contributed by atoms with van der Waals surface area (Å²) >= 11 is 0. The van der Waals surface area contributed by atoms with Gasteiger partial charge in [-0.1, -0.05) is 6.92 Å². The van der Waals surface area contributed by atoms with E-state index in [1.807, 2.05) is 27.9 Å². The van der Waals surface area contributed by atoms with Crippen LogP contribution in [0.25, 0.3) is 0 Å². The molecular weight excluding hydrogens is 436 g/mol. The van der Waals surface area contributed by atoms with Gasteiger partial charge in [-0.2, -0.15) is 0 Å². The molecule has 0 bridgehead atoms. The summed E-state index contributed by atoms with van der Waals surface area (Å²) in [5.74, 6) is -1.70. The van der Waals surface area contributed by atoms with Crippen molar-refractivity contribution >= 4 is 11.8 Å². The third-order valence-electron chi connectivity index (χ3n) is 8.16. The van der Waals surface area contributed by atoms with Crippen LogP contribution in [0.2, 0.25) is 0 Å². The van der Waals surface area contributed by atoms with Crippen LogP contribution in [0, 0.1) is 23.2 Å². The van der Waals surface area contributed by atoms with Crippen molar-refractivity contribution in [3.63, 3.8) is 0 Å². The molecule has 0 aromatic carbocycles. The van der Waals surface area contributed by atoms with Crippen LogP contribution in [-0.4, -0.2) is 80.0 Å². The van der Waals surface area contributed by atoms with Gasteiger partial charge in [0.25, 0.3) is 0 Å². The number of aliphatic hydroxyl groups is 2. The van der Waals surface area contributed by atoms with E-state index in [4.69, 9.17) is 9.47 Å². The maximum Gasteiger partial charge on any atom is 0.340 e. The van der Waals surface area contributed by atoms with Crippen molar-refractivity contribution in [1.29, 1.82) is 0 Å². The molecule has 1 saturated heterocycles. The lowest BCUT2D eigenvalue weighted by Gasteiger charge is -2.51. The second kappa shape index (κ2) is 9.13. The van der Waals surface area contributed by atoms with Crippen LogP contribution in [-0.2, 0) is 19.1 Å². The molecule has 34 heavy (non-hydrogen) atoms. The second-order valence-corrected chi connectivity index (χ2v) is 10.6. The summed E-state index contributed by atoms with van der Waals surface area (Å²) in [6.07, 6.45) is 6.32. The van der Waals surface area contributed by atoms with Gasteiger partial charge in [-0.3, -0.25) is 4.79 Å². The third kappa shape index (κ3) is 3.71. The number of carbonyl (C=O) groups is 2. The van der Waals surface area contributed by atoms with E-state index in [1.54, 1.807) is 6.20 Å². The van der Waals surface area contributed by atoms with Gasteiger partial charge in [0.15, 0.2) is 5.76 Å². The van der Waals surface area contributed by atoms with Gasteiger partial charge in [-0.15, -0.1) is 0 Å². The quantitative estimate of drug-likeness (QED) is 0.293. The standard InChI is InChI=1S/C26H36N2O6/c1-25-10-9-17-20(16(25)7-8-18(25)29)22(30)23(31)21-15(13-27-11-6-12-28(3)4)24(32)34-19(14-33-5)26(17,21)2/h13,16,18-19,27,29,31H,6-8,10-12,14H2,1-5H3/b15-13-/t16?,18-,19+,25-,26-/m0/s1. The van der Waals surface area contributed by atoms with Gasteiger partial charge in [-0.05, 0) is 64.7 Å². The normalized spacial score (nSPS) is 36.6. The molecule has 1 saturated carbocycles. The maximum atomic E-state index is 13.6. The van der Waals surface area contributed by atoms with Crippen LogP contribution in [0.15, 0.2) is 34.3 Å². The SMILES string of the molecule is COC[C@H]1OC(=O)/C(=C\NCCCN(C)C)C2=C(O)C(=O)C3=C([C]C[C@@]4(C)C3CC[C@@H]4O)[C@]21C. The van der Waals surface area contributed by atoms with Crippen molar-refractivity contribution in [2.24, 2.45) is 16.7 Å². The summed E-state index contributed by atoms with van der Waals surface area (Å²) in [6, 6.07) is 0. The third-order valence-corrected chi connectivity index (χ3v) is 8.16. The molecule has 1 unspecified atom stereocenters. The number of esters is 1. The van der Waals surface area contributed by atoms with E-state index in [9.17, 15) is 19.8 Å². The summed E-state index contributed by atoms with van der Waals surface area (Å²) in [7, 11) is 5.51. The average Bonchev–Trinajstić information content (AvgIpc) is 3.08. The molecule has 1 aliphatic heterocycles. The molecule has 8 heteroatoms. The van der Waals surface area contributed by atoms with Crippen LogP contribution in [0.5, 0.6) is 0 Å². The van der Waals surface area contributed by atoms with E-state index in [0.717, 1.165) is 13.0 Å². The summed E-state index contributed by atoms with van der Waals surface area (Å²) in [6.45, 7) is 5.48. The summed E-state index contributed by atoms with van der Waals surface area (Å²) in [4.78, 5) is 28.7. The molecule has 5 atom stereocenters. The summed E-state index contributed by atoms with van der Waals surface area (Å²) < 4.78 is 11.2. The first-order valence-electron chi connectivity index (χ1n) is 12.0. The topological polar surface area (TPSA) is 108 Å². The smallest absolute Gasteiger partial charge is 0.340 e. The first-order chi connectivity index (χ1) is 16.1. The number of aliphatic hydroxyl groups excluding tert-OH is 2. The molecule has 186 valence electrons. The molecule has 4 aliphatic rings. The zero-order valence-electron chi connectivity index (χ0n) is 20.7. The van der Waals surface area contributed by atoms with Gasteiger partial charge in [-0.25, -0.2) is 4.79 Å². The predicted octanol–water partition coefficient (Wildman–Crippen LogP) is 1.94. The van der Waals surface area contributed by atoms with Crippen LogP contribution >= 0.6 is 0 Å². The lowest BCUT2D eigenvalue weighted by Crippen LogP contribution is -2.53. The van der Waals surface area contributed by atoms with Crippen LogP contribution < -0.4 is 5.32 Å². The minimum Gasteiger partial charge on any atom is -0.504 e. The minimum absolute atomic E-state index is 0.111. The number of Topliss-reactive ketones (excluding diaryl/α,β-unsaturated/α-hetero) is 1. The lowest BCUT2D eigenvalue weighted by molar-refractivity contribution is -0.156. The molecule has 3 aliphatic carbocycles.